The molecular weight excluding hydrogens is 361 g/mol. The molecule has 0 spiro atoms. The normalized spacial score (nSPS) is 13.2. The second kappa shape index (κ2) is 5.90. The number of halogens is 4. The molecule has 9 heteroatoms. The van der Waals surface area contributed by atoms with Crippen molar-refractivity contribution < 1.29 is 21.6 Å². The minimum absolute atomic E-state index is 0.130. The van der Waals surface area contributed by atoms with Gasteiger partial charge < -0.3 is 5.73 Å². The molecule has 0 saturated carbocycles. The number of anilines is 1. The minimum atomic E-state index is -4.61. The van der Waals surface area contributed by atoms with Crippen molar-refractivity contribution in [3.63, 3.8) is 0 Å². The Hall–Kier alpha value is -0.800. The summed E-state index contributed by atoms with van der Waals surface area (Å²) in [4.78, 5) is -0.246. The van der Waals surface area contributed by atoms with Crippen molar-refractivity contribution in [3.8, 4) is 0 Å². The van der Waals surface area contributed by atoms with Crippen molar-refractivity contribution >= 4 is 31.6 Å². The van der Waals surface area contributed by atoms with Gasteiger partial charge in [-0.1, -0.05) is 0 Å². The number of benzene rings is 1. The van der Waals surface area contributed by atoms with Crippen LogP contribution in [0.25, 0.3) is 0 Å². The fourth-order valence-electron chi connectivity index (χ4n) is 1.57. The molecule has 20 heavy (non-hydrogen) atoms. The number of hydrogen-bond donors (Lipinski definition) is 1. The third-order valence-corrected chi connectivity index (χ3v) is 5.45. The highest BCUT2D eigenvalue weighted by molar-refractivity contribution is 9.10. The van der Waals surface area contributed by atoms with Crippen LogP contribution in [0.5, 0.6) is 0 Å². The zero-order valence-electron chi connectivity index (χ0n) is 10.8. The summed E-state index contributed by atoms with van der Waals surface area (Å²) in [6, 6.07) is 3.01. The van der Waals surface area contributed by atoms with E-state index in [1.54, 1.807) is 0 Å². The van der Waals surface area contributed by atoms with Crippen LogP contribution in [0, 0.1) is 0 Å². The van der Waals surface area contributed by atoms with Crippen molar-refractivity contribution in [2.24, 2.45) is 0 Å². The molecule has 0 bridgehead atoms. The van der Waals surface area contributed by atoms with Crippen molar-refractivity contribution in [3.05, 3.63) is 22.7 Å². The molecular formula is C11H14BrF3N2O2S. The third kappa shape index (κ3) is 4.10. The standard InChI is InChI=1S/C11H14BrF3N2O2S/c1-7(2)17(6-11(13,14)15)20(18,19)10-4-3-8(16)5-9(10)12/h3-5,7H,6,16H2,1-2H3. The second-order valence-electron chi connectivity index (χ2n) is 4.45. The fraction of sp³-hybridized carbons (Fsp3) is 0.455. The number of alkyl halides is 3. The molecule has 0 unspecified atom stereocenters. The van der Waals surface area contributed by atoms with E-state index in [9.17, 15) is 21.6 Å². The number of nitrogen functional groups attached to an aromatic ring is 1. The van der Waals surface area contributed by atoms with Crippen LogP contribution in [0.2, 0.25) is 0 Å². The van der Waals surface area contributed by atoms with E-state index < -0.39 is 28.8 Å². The number of rotatable bonds is 4. The Bertz CT molecular complexity index is 588. The van der Waals surface area contributed by atoms with Gasteiger partial charge in [0.15, 0.2) is 0 Å². The van der Waals surface area contributed by atoms with E-state index in [0.717, 1.165) is 0 Å². The van der Waals surface area contributed by atoms with E-state index in [-0.39, 0.29) is 9.37 Å². The minimum Gasteiger partial charge on any atom is -0.399 e. The molecule has 1 rings (SSSR count). The quantitative estimate of drug-likeness (QED) is 0.823. The first-order chi connectivity index (χ1) is 8.95. The van der Waals surface area contributed by atoms with E-state index in [1.165, 1.54) is 32.0 Å². The maximum Gasteiger partial charge on any atom is 0.402 e. The van der Waals surface area contributed by atoms with Gasteiger partial charge in [0, 0.05) is 16.2 Å². The van der Waals surface area contributed by atoms with Crippen LogP contribution < -0.4 is 5.73 Å². The van der Waals surface area contributed by atoms with E-state index in [2.05, 4.69) is 15.9 Å². The number of sulfonamides is 1. The van der Waals surface area contributed by atoms with Crippen molar-refractivity contribution in [2.45, 2.75) is 31.0 Å². The molecule has 4 nitrogen and oxygen atoms in total. The average molecular weight is 375 g/mol. The van der Waals surface area contributed by atoms with Crippen LogP contribution in [-0.4, -0.2) is 31.5 Å². The summed E-state index contributed by atoms with van der Waals surface area (Å²) in [5.41, 5.74) is 5.80. The molecule has 0 radical (unpaired) electrons. The summed E-state index contributed by atoms with van der Waals surface area (Å²) in [5.74, 6) is 0. The predicted molar refractivity (Wildman–Crippen MR) is 73.6 cm³/mol. The highest BCUT2D eigenvalue weighted by Gasteiger charge is 2.39. The molecule has 0 aromatic heterocycles. The Morgan fingerprint density at radius 2 is 1.90 bits per heavy atom. The first-order valence-electron chi connectivity index (χ1n) is 5.59. The SMILES string of the molecule is CC(C)N(CC(F)(F)F)S(=O)(=O)c1ccc(N)cc1Br. The zero-order valence-corrected chi connectivity index (χ0v) is 13.2. The smallest absolute Gasteiger partial charge is 0.399 e. The maximum absolute atomic E-state index is 12.5. The van der Waals surface area contributed by atoms with E-state index in [0.29, 0.717) is 9.99 Å². The molecule has 114 valence electrons. The van der Waals surface area contributed by atoms with Gasteiger partial charge in [0.25, 0.3) is 0 Å². The van der Waals surface area contributed by atoms with Gasteiger partial charge in [-0.25, -0.2) is 8.42 Å². The highest BCUT2D eigenvalue weighted by atomic mass is 79.9. The van der Waals surface area contributed by atoms with Crippen LogP contribution in [0.4, 0.5) is 18.9 Å². The Balaban J connectivity index is 3.30. The topological polar surface area (TPSA) is 63.4 Å². The summed E-state index contributed by atoms with van der Waals surface area (Å²) < 4.78 is 62.8. The molecule has 0 aliphatic heterocycles. The Labute approximate surface area is 123 Å². The van der Waals surface area contributed by atoms with Crippen molar-refractivity contribution in [1.82, 2.24) is 4.31 Å². The molecule has 0 fully saturated rings. The molecule has 1 aromatic rings. The lowest BCUT2D eigenvalue weighted by Gasteiger charge is -2.27. The van der Waals surface area contributed by atoms with E-state index in [4.69, 9.17) is 5.73 Å². The van der Waals surface area contributed by atoms with Gasteiger partial charge in [0.2, 0.25) is 10.0 Å². The molecule has 0 saturated heterocycles. The first kappa shape index (κ1) is 17.3. The van der Waals surface area contributed by atoms with Crippen LogP contribution >= 0.6 is 15.9 Å². The maximum atomic E-state index is 12.5. The van der Waals surface area contributed by atoms with Gasteiger partial charge in [-0.15, -0.1) is 0 Å². The number of nitrogens with zero attached hydrogens (tertiary/aromatic N) is 1. The summed E-state index contributed by atoms with van der Waals surface area (Å²) in [6.45, 7) is 1.23. The second-order valence-corrected chi connectivity index (χ2v) is 7.16. The van der Waals surface area contributed by atoms with Gasteiger partial charge >= 0.3 is 6.18 Å². The number of hydrogen-bond acceptors (Lipinski definition) is 3. The number of nitrogens with two attached hydrogens (primary N) is 1. The summed E-state index contributed by atoms with van der Waals surface area (Å²) in [7, 11) is -4.27. The van der Waals surface area contributed by atoms with Crippen LogP contribution in [0.1, 0.15) is 13.8 Å². The lowest BCUT2D eigenvalue weighted by atomic mass is 10.3. The van der Waals surface area contributed by atoms with Gasteiger partial charge in [-0.05, 0) is 48.0 Å². The Morgan fingerprint density at radius 3 is 2.30 bits per heavy atom. The lowest BCUT2D eigenvalue weighted by Crippen LogP contribution is -2.43. The summed E-state index contributed by atoms with van der Waals surface area (Å²) >= 11 is 3.01. The molecule has 1 aromatic carbocycles. The van der Waals surface area contributed by atoms with E-state index >= 15 is 0 Å². The third-order valence-electron chi connectivity index (χ3n) is 2.45. The largest absolute Gasteiger partial charge is 0.402 e. The van der Waals surface area contributed by atoms with Gasteiger partial charge in [0.05, 0.1) is 4.90 Å². The predicted octanol–water partition coefficient (Wildman–Crippen LogP) is 2.99. The summed E-state index contributed by atoms with van der Waals surface area (Å²) in [5, 5.41) is 0. The van der Waals surface area contributed by atoms with Crippen LogP contribution in [0.15, 0.2) is 27.6 Å². The Kier molecular flexibility index (Phi) is 5.09. The molecule has 0 heterocycles. The molecule has 0 amide bonds. The van der Waals surface area contributed by atoms with E-state index in [1.807, 2.05) is 0 Å². The molecule has 0 aliphatic carbocycles. The average Bonchev–Trinajstić information content (AvgIpc) is 2.23. The molecule has 0 atom stereocenters. The van der Waals surface area contributed by atoms with Gasteiger partial charge in [-0.3, -0.25) is 0 Å². The van der Waals surface area contributed by atoms with Crippen LogP contribution in [0.3, 0.4) is 0 Å². The van der Waals surface area contributed by atoms with Gasteiger partial charge in [0.1, 0.15) is 6.54 Å². The summed E-state index contributed by atoms with van der Waals surface area (Å²) in [6.07, 6.45) is -4.61. The zero-order chi connectivity index (χ0) is 15.7. The van der Waals surface area contributed by atoms with Gasteiger partial charge in [-0.2, -0.15) is 17.5 Å². The van der Waals surface area contributed by atoms with Crippen LogP contribution in [-0.2, 0) is 10.0 Å². The molecule has 2 N–H and O–H groups in total. The Morgan fingerprint density at radius 1 is 1.35 bits per heavy atom. The lowest BCUT2D eigenvalue weighted by molar-refractivity contribution is -0.138. The van der Waals surface area contributed by atoms with Crippen molar-refractivity contribution in [2.75, 3.05) is 12.3 Å². The first-order valence-corrected chi connectivity index (χ1v) is 7.82. The fourth-order valence-corrected chi connectivity index (χ4v) is 4.25. The van der Waals surface area contributed by atoms with Crippen molar-refractivity contribution in [1.29, 1.82) is 0 Å². The molecule has 0 aliphatic rings. The monoisotopic (exact) mass is 374 g/mol. The highest BCUT2D eigenvalue weighted by Crippen LogP contribution is 2.30.